The van der Waals surface area contributed by atoms with E-state index in [1.165, 1.54) is 6.42 Å². The molecule has 1 aromatic heterocycles. The third-order valence-electron chi connectivity index (χ3n) is 10.6. The van der Waals surface area contributed by atoms with E-state index in [0.717, 1.165) is 68.4 Å². The number of carbonyl (C=O) groups is 1. The fourth-order valence-electron chi connectivity index (χ4n) is 8.83. The van der Waals surface area contributed by atoms with Gasteiger partial charge in [-0.1, -0.05) is 13.8 Å². The number of fused-ring (bicyclic) bond motifs is 5. The molecule has 0 spiro atoms. The lowest BCUT2D eigenvalue weighted by atomic mass is 9.44. The van der Waals surface area contributed by atoms with Crippen molar-refractivity contribution in [3.63, 3.8) is 0 Å². The van der Waals surface area contributed by atoms with Crippen LogP contribution in [-0.4, -0.2) is 26.3 Å². The lowest BCUT2D eigenvalue weighted by Gasteiger charge is -2.61. The third kappa shape index (κ3) is 3.77. The molecule has 8 atom stereocenters. The topological polar surface area (TPSA) is 55.1 Å². The fourth-order valence-corrected chi connectivity index (χ4v) is 8.83. The van der Waals surface area contributed by atoms with E-state index in [9.17, 15) is 23.1 Å². The molecule has 4 fully saturated rings. The first-order valence-corrected chi connectivity index (χ1v) is 12.7. The fraction of sp³-hybridized carbons (Fsp3) is 0.846. The average Bonchev–Trinajstić information content (AvgIpc) is 3.32. The first kappa shape index (κ1) is 23.4. The standard InChI is InChI=1S/C26H37F3N2O2/c1-23(33)10-11-24(2)16(12-23)4-5-18-19-6-7-21(25(19,3)9-8-20(18)24)22(32)15-31-14-17(13-30-31)26(27,28)29/h13-14,16,18-21,33H,4-12,15H2,1-3H3/t16-,18-,19-,20-,21+,23+,24-,25-/m0/s1. The summed E-state index contributed by atoms with van der Waals surface area (Å²) in [5.41, 5.74) is -1.13. The zero-order valence-electron chi connectivity index (χ0n) is 20.0. The number of halogens is 3. The van der Waals surface area contributed by atoms with Crippen LogP contribution in [0.4, 0.5) is 13.2 Å². The number of hydrogen-bond acceptors (Lipinski definition) is 3. The van der Waals surface area contributed by atoms with Gasteiger partial charge in [0.1, 0.15) is 0 Å². The quantitative estimate of drug-likeness (QED) is 0.605. The predicted octanol–water partition coefficient (Wildman–Crippen LogP) is 5.88. The van der Waals surface area contributed by atoms with Gasteiger partial charge in [0.15, 0.2) is 5.78 Å². The normalized spacial score (nSPS) is 45.2. The number of Topliss-reactive ketones (excluding diaryl/α,β-unsaturated/α-hetero) is 1. The number of hydrogen-bond donors (Lipinski definition) is 1. The summed E-state index contributed by atoms with van der Waals surface area (Å²) in [5, 5.41) is 14.5. The predicted molar refractivity (Wildman–Crippen MR) is 118 cm³/mol. The molecule has 1 heterocycles. The van der Waals surface area contributed by atoms with E-state index in [1.54, 1.807) is 0 Å². The Morgan fingerprint density at radius 3 is 2.48 bits per heavy atom. The van der Waals surface area contributed by atoms with Gasteiger partial charge in [-0.25, -0.2) is 0 Å². The van der Waals surface area contributed by atoms with Gasteiger partial charge < -0.3 is 5.11 Å². The molecule has 1 N–H and O–H groups in total. The molecule has 184 valence electrons. The number of aromatic nitrogens is 2. The van der Waals surface area contributed by atoms with Crippen LogP contribution in [0.3, 0.4) is 0 Å². The minimum Gasteiger partial charge on any atom is -0.390 e. The van der Waals surface area contributed by atoms with Crippen molar-refractivity contribution >= 4 is 5.78 Å². The largest absolute Gasteiger partial charge is 0.419 e. The highest BCUT2D eigenvalue weighted by molar-refractivity contribution is 5.82. The smallest absolute Gasteiger partial charge is 0.390 e. The Morgan fingerprint density at radius 1 is 1.06 bits per heavy atom. The van der Waals surface area contributed by atoms with Crippen LogP contribution in [0.5, 0.6) is 0 Å². The van der Waals surface area contributed by atoms with E-state index < -0.39 is 17.3 Å². The summed E-state index contributed by atoms with van der Waals surface area (Å²) >= 11 is 0. The summed E-state index contributed by atoms with van der Waals surface area (Å²) in [7, 11) is 0. The van der Waals surface area contributed by atoms with Gasteiger partial charge in [-0.15, -0.1) is 0 Å². The second-order valence-electron chi connectivity index (χ2n) is 12.4. The van der Waals surface area contributed by atoms with Gasteiger partial charge in [-0.2, -0.15) is 18.3 Å². The van der Waals surface area contributed by atoms with Gasteiger partial charge >= 0.3 is 6.18 Å². The van der Waals surface area contributed by atoms with Gasteiger partial charge in [0.2, 0.25) is 0 Å². The zero-order valence-corrected chi connectivity index (χ0v) is 20.0. The highest BCUT2D eigenvalue weighted by atomic mass is 19.4. The molecule has 7 heteroatoms. The van der Waals surface area contributed by atoms with E-state index in [4.69, 9.17) is 0 Å². The summed E-state index contributed by atoms with van der Waals surface area (Å²) in [6.07, 6.45) is 6.52. The molecule has 4 saturated carbocycles. The van der Waals surface area contributed by atoms with Crippen molar-refractivity contribution in [2.75, 3.05) is 0 Å². The summed E-state index contributed by atoms with van der Waals surface area (Å²) < 4.78 is 39.9. The van der Waals surface area contributed by atoms with Crippen molar-refractivity contribution in [1.29, 1.82) is 0 Å². The van der Waals surface area contributed by atoms with Crippen molar-refractivity contribution in [2.45, 2.75) is 96.9 Å². The number of ketones is 1. The number of nitrogens with zero attached hydrogens (tertiary/aromatic N) is 2. The lowest BCUT2D eigenvalue weighted by Crippen LogP contribution is -2.55. The second kappa shape index (κ2) is 7.56. The maximum atomic E-state index is 13.3. The Labute approximate surface area is 194 Å². The van der Waals surface area contributed by atoms with Crippen molar-refractivity contribution in [3.05, 3.63) is 18.0 Å². The van der Waals surface area contributed by atoms with Gasteiger partial charge in [0.25, 0.3) is 0 Å². The third-order valence-corrected chi connectivity index (χ3v) is 10.6. The Balaban J connectivity index is 1.31. The number of carbonyl (C=O) groups excluding carboxylic acids is 1. The van der Waals surface area contributed by atoms with Gasteiger partial charge in [-0.05, 0) is 99.2 Å². The average molecular weight is 467 g/mol. The summed E-state index contributed by atoms with van der Waals surface area (Å²) in [6, 6.07) is 0. The Morgan fingerprint density at radius 2 is 1.79 bits per heavy atom. The monoisotopic (exact) mass is 466 g/mol. The Bertz CT molecular complexity index is 925. The Kier molecular flexibility index (Phi) is 5.36. The molecule has 4 aliphatic carbocycles. The van der Waals surface area contributed by atoms with Crippen molar-refractivity contribution in [1.82, 2.24) is 9.78 Å². The molecular weight excluding hydrogens is 429 g/mol. The SMILES string of the molecule is C[C@@]1(O)CC[C@@]2(C)[C@@H](CC[C@@H]3[C@@H]2CC[C@]2(C)[C@@H](C(=O)Cn4cc(C(F)(F)F)cn4)CC[C@@H]32)C1. The van der Waals surface area contributed by atoms with Crippen LogP contribution in [0, 0.1) is 40.4 Å². The van der Waals surface area contributed by atoms with Crippen LogP contribution in [0.25, 0.3) is 0 Å². The second-order valence-corrected chi connectivity index (χ2v) is 12.4. The molecule has 0 radical (unpaired) electrons. The van der Waals surface area contributed by atoms with Crippen molar-refractivity contribution in [3.8, 4) is 0 Å². The molecule has 1 aromatic rings. The molecular formula is C26H37F3N2O2. The molecule has 4 aliphatic rings. The van der Waals surface area contributed by atoms with E-state index in [-0.39, 0.29) is 29.1 Å². The van der Waals surface area contributed by atoms with Gasteiger partial charge in [0, 0.05) is 12.1 Å². The van der Waals surface area contributed by atoms with Crippen LogP contribution in [0.1, 0.15) is 84.1 Å². The first-order chi connectivity index (χ1) is 15.3. The number of rotatable bonds is 3. The summed E-state index contributed by atoms with van der Waals surface area (Å²) in [6.45, 7) is 6.64. The maximum Gasteiger partial charge on any atom is 0.419 e. The first-order valence-electron chi connectivity index (χ1n) is 12.7. The summed E-state index contributed by atoms with van der Waals surface area (Å²) in [4.78, 5) is 13.3. The highest BCUT2D eigenvalue weighted by Gasteiger charge is 2.61. The van der Waals surface area contributed by atoms with Crippen LogP contribution in [-0.2, 0) is 17.5 Å². The van der Waals surface area contributed by atoms with Crippen molar-refractivity contribution in [2.24, 2.45) is 40.4 Å². The van der Waals surface area contributed by atoms with Crippen LogP contribution in [0.15, 0.2) is 12.4 Å². The van der Waals surface area contributed by atoms with Crippen molar-refractivity contribution < 1.29 is 23.1 Å². The lowest BCUT2D eigenvalue weighted by molar-refractivity contribution is -0.151. The number of aliphatic hydroxyl groups is 1. The molecule has 5 rings (SSSR count). The van der Waals surface area contributed by atoms with E-state index in [0.29, 0.717) is 23.7 Å². The molecule has 0 amide bonds. The molecule has 0 unspecified atom stereocenters. The van der Waals surface area contributed by atoms with E-state index in [1.807, 2.05) is 6.92 Å². The Hall–Kier alpha value is -1.37. The molecule has 0 aliphatic heterocycles. The summed E-state index contributed by atoms with van der Waals surface area (Å²) in [5.74, 6) is 2.29. The molecule has 0 aromatic carbocycles. The molecule has 0 saturated heterocycles. The highest BCUT2D eigenvalue weighted by Crippen LogP contribution is 2.68. The maximum absolute atomic E-state index is 13.3. The molecule has 4 nitrogen and oxygen atoms in total. The minimum atomic E-state index is -4.44. The van der Waals surface area contributed by atoms with Gasteiger partial charge in [-0.3, -0.25) is 9.48 Å². The van der Waals surface area contributed by atoms with Crippen LogP contribution < -0.4 is 0 Å². The van der Waals surface area contributed by atoms with Crippen LogP contribution >= 0.6 is 0 Å². The zero-order chi connectivity index (χ0) is 23.8. The molecule has 33 heavy (non-hydrogen) atoms. The minimum absolute atomic E-state index is 0.0314. The van der Waals surface area contributed by atoms with E-state index in [2.05, 4.69) is 18.9 Å². The number of alkyl halides is 3. The van der Waals surface area contributed by atoms with E-state index >= 15 is 0 Å². The van der Waals surface area contributed by atoms with Crippen LogP contribution in [0.2, 0.25) is 0 Å². The van der Waals surface area contributed by atoms with Gasteiger partial charge in [0.05, 0.1) is 23.9 Å². The molecule has 0 bridgehead atoms.